The lowest BCUT2D eigenvalue weighted by Gasteiger charge is -2.10. The van der Waals surface area contributed by atoms with E-state index in [1.165, 1.54) is 0 Å². The van der Waals surface area contributed by atoms with E-state index in [-0.39, 0.29) is 12.6 Å². The Balaban J connectivity index is 2.67. The molecule has 0 aliphatic heterocycles. The summed E-state index contributed by atoms with van der Waals surface area (Å²) >= 11 is 0. The van der Waals surface area contributed by atoms with Crippen molar-refractivity contribution in [2.45, 2.75) is 19.4 Å². The zero-order chi connectivity index (χ0) is 13.5. The first kappa shape index (κ1) is 14.2. The fourth-order valence-corrected chi connectivity index (χ4v) is 1.21. The van der Waals surface area contributed by atoms with Crippen molar-refractivity contribution in [3.63, 3.8) is 0 Å². The second-order valence-electron chi connectivity index (χ2n) is 3.44. The molecule has 0 saturated heterocycles. The molecule has 0 heterocycles. The monoisotopic (exact) mass is 261 g/mol. The second-order valence-corrected chi connectivity index (χ2v) is 3.44. The number of ketones is 1. The molecule has 6 heteroatoms. The molecule has 0 aromatic heterocycles. The molecule has 0 unspecified atom stereocenters. The molecule has 0 atom stereocenters. The fourth-order valence-electron chi connectivity index (χ4n) is 1.21. The van der Waals surface area contributed by atoms with Gasteiger partial charge in [-0.15, -0.1) is 0 Å². The lowest BCUT2D eigenvalue weighted by molar-refractivity contribution is -0.124. The molecular weight excluding hydrogens is 250 g/mol. The molecule has 1 N–H and O–H groups in total. The fraction of sp³-hybridized carbons (Fsp3) is 0.250. The number of hydrogen-bond donors (Lipinski definition) is 1. The highest BCUT2D eigenvalue weighted by molar-refractivity contribution is 5.92. The Bertz CT molecular complexity index is 417. The first-order chi connectivity index (χ1) is 8.50. The van der Waals surface area contributed by atoms with Crippen LogP contribution in [0.15, 0.2) is 42.1 Å². The van der Waals surface area contributed by atoms with E-state index in [1.54, 1.807) is 30.3 Å². The molecule has 18 heavy (non-hydrogen) atoms. The largest absolute Gasteiger partial charge is 0.380 e. The number of hydrogen-bond acceptors (Lipinski definition) is 2. The summed E-state index contributed by atoms with van der Waals surface area (Å²) in [5.74, 6) is -1.63. The van der Waals surface area contributed by atoms with Gasteiger partial charge in [-0.05, 0) is 5.56 Å². The topological polar surface area (TPSA) is 29.1 Å². The molecule has 0 aliphatic rings. The van der Waals surface area contributed by atoms with Gasteiger partial charge in [0.2, 0.25) is 5.78 Å². The number of carbonyl (C=O) groups is 1. The Morgan fingerprint density at radius 1 is 1.11 bits per heavy atom. The summed E-state index contributed by atoms with van der Waals surface area (Å²) in [4.78, 5) is 10.7. The molecule has 0 aliphatic carbocycles. The minimum absolute atomic E-state index is 0.0352. The van der Waals surface area contributed by atoms with Crippen LogP contribution in [0.1, 0.15) is 5.56 Å². The number of benzene rings is 1. The maximum absolute atomic E-state index is 12.5. The molecule has 1 aromatic carbocycles. The van der Waals surface area contributed by atoms with Crippen LogP contribution < -0.4 is 5.32 Å². The Morgan fingerprint density at radius 2 is 1.72 bits per heavy atom. The van der Waals surface area contributed by atoms with Crippen molar-refractivity contribution in [1.82, 2.24) is 5.32 Å². The summed E-state index contributed by atoms with van der Waals surface area (Å²) in [6, 6.07) is 8.56. The molecule has 98 valence electrons. The highest BCUT2D eigenvalue weighted by Gasteiger charge is 2.18. The summed E-state index contributed by atoms with van der Waals surface area (Å²) < 4.78 is 48.9. The third kappa shape index (κ3) is 4.57. The average molecular weight is 261 g/mol. The zero-order valence-corrected chi connectivity index (χ0v) is 9.25. The van der Waals surface area contributed by atoms with Crippen molar-refractivity contribution in [2.24, 2.45) is 0 Å². The van der Waals surface area contributed by atoms with E-state index < -0.39 is 24.3 Å². The summed E-state index contributed by atoms with van der Waals surface area (Å²) in [5.41, 5.74) is -0.0994. The highest BCUT2D eigenvalue weighted by Crippen LogP contribution is 2.09. The number of alkyl halides is 4. The van der Waals surface area contributed by atoms with Gasteiger partial charge in [-0.1, -0.05) is 30.3 Å². The van der Waals surface area contributed by atoms with E-state index in [2.05, 4.69) is 5.32 Å². The third-order valence-corrected chi connectivity index (χ3v) is 2.09. The Kier molecular flexibility index (Phi) is 5.35. The Labute approximate surface area is 101 Å². The van der Waals surface area contributed by atoms with Crippen molar-refractivity contribution in [2.75, 3.05) is 0 Å². The van der Waals surface area contributed by atoms with E-state index >= 15 is 0 Å². The smallest absolute Gasteiger partial charge is 0.299 e. The standard InChI is InChI=1S/C12H11F4NO/c13-11(14)9(6-10(18)12(15)16)17-7-8-4-2-1-3-5-8/h1-6,11-12,17H,7H2. The molecule has 0 spiro atoms. The van der Waals surface area contributed by atoms with Crippen LogP contribution >= 0.6 is 0 Å². The van der Waals surface area contributed by atoms with Crippen molar-refractivity contribution in [3.05, 3.63) is 47.7 Å². The zero-order valence-electron chi connectivity index (χ0n) is 9.25. The van der Waals surface area contributed by atoms with E-state index in [1.807, 2.05) is 0 Å². The normalized spacial score (nSPS) is 12.0. The van der Waals surface area contributed by atoms with Gasteiger partial charge in [0, 0.05) is 12.6 Å². The van der Waals surface area contributed by atoms with Crippen LogP contribution in [0.3, 0.4) is 0 Å². The Morgan fingerprint density at radius 3 is 2.22 bits per heavy atom. The molecular formula is C12H11F4NO. The maximum Gasteiger partial charge on any atom is 0.299 e. The number of allylic oxidation sites excluding steroid dienone is 2. The summed E-state index contributed by atoms with van der Waals surface area (Å²) in [6.07, 6.45) is -6.04. The SMILES string of the molecule is O=C(C=C(NCc1ccccc1)C(F)F)C(F)F. The molecule has 0 fully saturated rings. The van der Waals surface area contributed by atoms with Crippen molar-refractivity contribution >= 4 is 5.78 Å². The number of nitrogens with one attached hydrogen (secondary N) is 1. The van der Waals surface area contributed by atoms with Crippen LogP contribution in [-0.2, 0) is 11.3 Å². The molecule has 0 saturated carbocycles. The van der Waals surface area contributed by atoms with E-state index in [0.29, 0.717) is 5.56 Å². The second kappa shape index (κ2) is 6.78. The van der Waals surface area contributed by atoms with Gasteiger partial charge in [0.05, 0.1) is 5.70 Å². The highest BCUT2D eigenvalue weighted by atomic mass is 19.3. The van der Waals surface area contributed by atoms with E-state index in [9.17, 15) is 22.4 Å². The van der Waals surface area contributed by atoms with E-state index in [0.717, 1.165) is 0 Å². The quantitative estimate of drug-likeness (QED) is 0.630. The predicted octanol–water partition coefficient (Wildman–Crippen LogP) is 2.76. The Hall–Kier alpha value is -1.85. The first-order valence-corrected chi connectivity index (χ1v) is 5.10. The van der Waals surface area contributed by atoms with Crippen LogP contribution in [0.2, 0.25) is 0 Å². The van der Waals surface area contributed by atoms with Gasteiger partial charge in [-0.2, -0.15) is 0 Å². The van der Waals surface area contributed by atoms with Crippen molar-refractivity contribution in [3.8, 4) is 0 Å². The van der Waals surface area contributed by atoms with Crippen LogP contribution in [0.25, 0.3) is 0 Å². The molecule has 0 radical (unpaired) electrons. The summed E-state index contributed by atoms with van der Waals surface area (Å²) in [6.45, 7) is 0.0352. The minimum Gasteiger partial charge on any atom is -0.380 e. The maximum atomic E-state index is 12.5. The van der Waals surface area contributed by atoms with Gasteiger partial charge in [-0.25, -0.2) is 17.6 Å². The molecule has 0 bridgehead atoms. The van der Waals surface area contributed by atoms with Gasteiger partial charge in [0.15, 0.2) is 0 Å². The number of halogens is 4. The van der Waals surface area contributed by atoms with Crippen LogP contribution in [0, 0.1) is 0 Å². The predicted molar refractivity (Wildman–Crippen MR) is 58.4 cm³/mol. The molecule has 1 aromatic rings. The van der Waals surface area contributed by atoms with Gasteiger partial charge < -0.3 is 5.32 Å². The van der Waals surface area contributed by atoms with Gasteiger partial charge in [0.25, 0.3) is 12.9 Å². The van der Waals surface area contributed by atoms with Crippen molar-refractivity contribution < 1.29 is 22.4 Å². The minimum atomic E-state index is -3.28. The number of rotatable bonds is 6. The lowest BCUT2D eigenvalue weighted by Crippen LogP contribution is -2.21. The van der Waals surface area contributed by atoms with Crippen LogP contribution in [0.4, 0.5) is 17.6 Å². The third-order valence-electron chi connectivity index (χ3n) is 2.09. The van der Waals surface area contributed by atoms with Crippen molar-refractivity contribution in [1.29, 1.82) is 0 Å². The first-order valence-electron chi connectivity index (χ1n) is 5.10. The molecule has 0 amide bonds. The molecule has 1 rings (SSSR count). The number of carbonyl (C=O) groups excluding carboxylic acids is 1. The summed E-state index contributed by atoms with van der Waals surface area (Å²) in [7, 11) is 0. The van der Waals surface area contributed by atoms with Gasteiger partial charge in [0.1, 0.15) is 0 Å². The average Bonchev–Trinajstić information content (AvgIpc) is 2.34. The molecule has 2 nitrogen and oxygen atoms in total. The van der Waals surface area contributed by atoms with Crippen LogP contribution in [-0.4, -0.2) is 18.6 Å². The summed E-state index contributed by atoms with van der Waals surface area (Å²) in [5, 5.41) is 2.28. The van der Waals surface area contributed by atoms with Gasteiger partial charge >= 0.3 is 0 Å². The van der Waals surface area contributed by atoms with E-state index in [4.69, 9.17) is 0 Å². The lowest BCUT2D eigenvalue weighted by atomic mass is 10.2. The van der Waals surface area contributed by atoms with Crippen LogP contribution in [0.5, 0.6) is 0 Å². The van der Waals surface area contributed by atoms with Gasteiger partial charge in [-0.3, -0.25) is 4.79 Å².